The molecule has 1 heterocycles. The first-order chi connectivity index (χ1) is 7.35. The average molecular weight is 249 g/mol. The van der Waals surface area contributed by atoms with E-state index in [1.807, 2.05) is 11.8 Å². The molecule has 0 radical (unpaired) electrons. The van der Waals surface area contributed by atoms with Gasteiger partial charge in [0, 0.05) is 19.1 Å². The van der Waals surface area contributed by atoms with Crippen molar-refractivity contribution < 1.29 is 17.9 Å². The molecule has 0 spiro atoms. The van der Waals surface area contributed by atoms with Gasteiger partial charge in [0.15, 0.2) is 9.84 Å². The van der Waals surface area contributed by atoms with Crippen LogP contribution in [0.1, 0.15) is 13.8 Å². The zero-order valence-electron chi connectivity index (χ0n) is 9.97. The summed E-state index contributed by atoms with van der Waals surface area (Å²) < 4.78 is 27.4. The molecular weight excluding hydrogens is 230 g/mol. The number of methoxy groups -OCH3 is 1. The standard InChI is InChI=1S/C10H19NO4S/c1-8(10(12)15-3)6-11-4-5-16(13,14)7-9(11)2/h8-9H,4-7H2,1-3H3. The fraction of sp³-hybridized carbons (Fsp3) is 0.900. The Balaban J connectivity index is 2.54. The third kappa shape index (κ3) is 3.45. The molecule has 1 saturated heterocycles. The van der Waals surface area contributed by atoms with E-state index in [1.54, 1.807) is 6.92 Å². The van der Waals surface area contributed by atoms with Crippen molar-refractivity contribution >= 4 is 15.8 Å². The minimum atomic E-state index is -2.88. The number of carbonyl (C=O) groups excluding carboxylic acids is 1. The highest BCUT2D eigenvalue weighted by Gasteiger charge is 2.30. The van der Waals surface area contributed by atoms with Crippen LogP contribution in [0.25, 0.3) is 0 Å². The van der Waals surface area contributed by atoms with Crippen molar-refractivity contribution in [3.63, 3.8) is 0 Å². The zero-order chi connectivity index (χ0) is 12.3. The Morgan fingerprint density at radius 2 is 2.19 bits per heavy atom. The van der Waals surface area contributed by atoms with Crippen molar-refractivity contribution in [2.75, 3.05) is 31.7 Å². The summed E-state index contributed by atoms with van der Waals surface area (Å²) >= 11 is 0. The number of esters is 1. The lowest BCUT2D eigenvalue weighted by molar-refractivity contribution is -0.145. The third-order valence-corrected chi connectivity index (χ3v) is 4.71. The Kier molecular flexibility index (Phi) is 4.32. The van der Waals surface area contributed by atoms with Gasteiger partial charge in [-0.1, -0.05) is 6.92 Å². The predicted octanol–water partition coefficient (Wildman–Crippen LogP) is -0.0856. The van der Waals surface area contributed by atoms with E-state index in [2.05, 4.69) is 4.74 Å². The molecular formula is C10H19NO4S. The molecule has 0 N–H and O–H groups in total. The first-order valence-corrected chi connectivity index (χ1v) is 7.20. The highest BCUT2D eigenvalue weighted by molar-refractivity contribution is 7.91. The number of rotatable bonds is 3. The Bertz CT molecular complexity index is 352. The van der Waals surface area contributed by atoms with E-state index >= 15 is 0 Å². The number of hydrogen-bond acceptors (Lipinski definition) is 5. The fourth-order valence-electron chi connectivity index (χ4n) is 1.93. The van der Waals surface area contributed by atoms with E-state index in [9.17, 15) is 13.2 Å². The van der Waals surface area contributed by atoms with Crippen molar-refractivity contribution in [3.8, 4) is 0 Å². The average Bonchev–Trinajstić information content (AvgIpc) is 2.20. The maximum atomic E-state index is 11.4. The minimum Gasteiger partial charge on any atom is -0.469 e. The van der Waals surface area contributed by atoms with Crippen molar-refractivity contribution in [1.82, 2.24) is 4.90 Å². The van der Waals surface area contributed by atoms with Crippen LogP contribution in [0.4, 0.5) is 0 Å². The Labute approximate surface area is 96.7 Å². The Morgan fingerprint density at radius 1 is 1.56 bits per heavy atom. The summed E-state index contributed by atoms with van der Waals surface area (Å²) in [5.74, 6) is -0.0968. The summed E-state index contributed by atoms with van der Waals surface area (Å²) in [4.78, 5) is 13.3. The van der Waals surface area contributed by atoms with E-state index in [1.165, 1.54) is 7.11 Å². The predicted molar refractivity (Wildman–Crippen MR) is 60.9 cm³/mol. The highest BCUT2D eigenvalue weighted by Crippen LogP contribution is 2.13. The van der Waals surface area contributed by atoms with Crippen LogP contribution in [0.5, 0.6) is 0 Å². The molecule has 1 aliphatic heterocycles. The summed E-state index contributed by atoms with van der Waals surface area (Å²) in [7, 11) is -1.52. The quantitative estimate of drug-likeness (QED) is 0.654. The van der Waals surface area contributed by atoms with Crippen molar-refractivity contribution in [1.29, 1.82) is 0 Å². The monoisotopic (exact) mass is 249 g/mol. The first kappa shape index (κ1) is 13.4. The molecule has 94 valence electrons. The van der Waals surface area contributed by atoms with Gasteiger partial charge in [0.2, 0.25) is 0 Å². The van der Waals surface area contributed by atoms with Gasteiger partial charge in [0.25, 0.3) is 0 Å². The number of ether oxygens (including phenoxy) is 1. The number of hydrogen-bond donors (Lipinski definition) is 0. The molecule has 1 fully saturated rings. The molecule has 2 unspecified atom stereocenters. The van der Waals surface area contributed by atoms with Gasteiger partial charge >= 0.3 is 5.97 Å². The maximum Gasteiger partial charge on any atom is 0.309 e. The van der Waals surface area contributed by atoms with Gasteiger partial charge in [-0.05, 0) is 6.92 Å². The van der Waals surface area contributed by atoms with Crippen LogP contribution in [-0.4, -0.2) is 57.0 Å². The topological polar surface area (TPSA) is 63.7 Å². The van der Waals surface area contributed by atoms with Gasteiger partial charge in [0.05, 0.1) is 24.5 Å². The molecule has 0 aromatic heterocycles. The van der Waals surface area contributed by atoms with Crippen LogP contribution < -0.4 is 0 Å². The van der Waals surface area contributed by atoms with E-state index in [0.717, 1.165) is 0 Å². The van der Waals surface area contributed by atoms with Gasteiger partial charge in [0.1, 0.15) is 0 Å². The molecule has 0 aromatic rings. The summed E-state index contributed by atoms with van der Waals surface area (Å²) in [5.41, 5.74) is 0. The lowest BCUT2D eigenvalue weighted by Gasteiger charge is -2.34. The Hall–Kier alpha value is -0.620. The van der Waals surface area contributed by atoms with Gasteiger partial charge in [-0.15, -0.1) is 0 Å². The molecule has 5 nitrogen and oxygen atoms in total. The third-order valence-electron chi connectivity index (χ3n) is 2.92. The second-order valence-corrected chi connectivity index (χ2v) is 6.61. The summed E-state index contributed by atoms with van der Waals surface area (Å²) in [6.07, 6.45) is 0. The van der Waals surface area contributed by atoms with E-state index in [4.69, 9.17) is 0 Å². The van der Waals surface area contributed by atoms with Crippen LogP contribution >= 0.6 is 0 Å². The number of sulfone groups is 1. The van der Waals surface area contributed by atoms with Crippen molar-refractivity contribution in [2.24, 2.45) is 5.92 Å². The van der Waals surface area contributed by atoms with Gasteiger partial charge in [-0.3, -0.25) is 9.69 Å². The van der Waals surface area contributed by atoms with E-state index in [0.29, 0.717) is 13.1 Å². The lowest BCUT2D eigenvalue weighted by Crippen LogP contribution is -2.49. The smallest absolute Gasteiger partial charge is 0.309 e. The van der Waals surface area contributed by atoms with Gasteiger partial charge < -0.3 is 4.74 Å². The SMILES string of the molecule is COC(=O)C(C)CN1CCS(=O)(=O)CC1C. The van der Waals surface area contributed by atoms with E-state index in [-0.39, 0.29) is 29.4 Å². The zero-order valence-corrected chi connectivity index (χ0v) is 10.8. The molecule has 16 heavy (non-hydrogen) atoms. The van der Waals surface area contributed by atoms with Crippen LogP contribution in [0.2, 0.25) is 0 Å². The maximum absolute atomic E-state index is 11.4. The van der Waals surface area contributed by atoms with E-state index < -0.39 is 9.84 Å². The Morgan fingerprint density at radius 3 is 2.69 bits per heavy atom. The van der Waals surface area contributed by atoms with Crippen LogP contribution in [-0.2, 0) is 19.4 Å². The van der Waals surface area contributed by atoms with Crippen molar-refractivity contribution in [3.05, 3.63) is 0 Å². The largest absolute Gasteiger partial charge is 0.469 e. The molecule has 1 rings (SSSR count). The van der Waals surface area contributed by atoms with Crippen LogP contribution in [0, 0.1) is 5.92 Å². The molecule has 0 aliphatic carbocycles. The lowest BCUT2D eigenvalue weighted by atomic mass is 10.1. The second kappa shape index (κ2) is 5.14. The molecule has 6 heteroatoms. The number of carbonyl (C=O) groups is 1. The minimum absolute atomic E-state index is 0.0224. The molecule has 2 atom stereocenters. The summed E-state index contributed by atoms with van der Waals surface area (Å²) in [5, 5.41) is 0. The van der Waals surface area contributed by atoms with Gasteiger partial charge in [-0.2, -0.15) is 0 Å². The molecule has 0 aromatic carbocycles. The second-order valence-electron chi connectivity index (χ2n) is 4.38. The van der Waals surface area contributed by atoms with Crippen LogP contribution in [0.3, 0.4) is 0 Å². The van der Waals surface area contributed by atoms with Crippen LogP contribution in [0.15, 0.2) is 0 Å². The van der Waals surface area contributed by atoms with Gasteiger partial charge in [-0.25, -0.2) is 8.42 Å². The molecule has 0 amide bonds. The molecule has 0 bridgehead atoms. The highest BCUT2D eigenvalue weighted by atomic mass is 32.2. The van der Waals surface area contributed by atoms with Crippen molar-refractivity contribution in [2.45, 2.75) is 19.9 Å². The number of nitrogens with zero attached hydrogens (tertiary/aromatic N) is 1. The molecule has 1 aliphatic rings. The molecule has 0 saturated carbocycles. The fourth-order valence-corrected chi connectivity index (χ4v) is 3.56. The summed E-state index contributed by atoms with van der Waals surface area (Å²) in [6.45, 7) is 4.73. The first-order valence-electron chi connectivity index (χ1n) is 5.38. The summed E-state index contributed by atoms with van der Waals surface area (Å²) in [6, 6.07) is -0.0224. The normalized spacial score (nSPS) is 27.3.